The summed E-state index contributed by atoms with van der Waals surface area (Å²) in [5.41, 5.74) is 0. The molecule has 1 unspecified atom stereocenters. The number of ether oxygens (including phenoxy) is 1. The topological polar surface area (TPSA) is 34.1 Å². The van der Waals surface area contributed by atoms with Crippen molar-refractivity contribution in [3.63, 3.8) is 0 Å². The molecule has 0 aliphatic heterocycles. The largest absolute Gasteiger partial charge is 0.383 e. The standard InChI is InChI=1S/C11H17ClN2O/c1-8(2)10(7-15-3)14-11-9(12)5-4-6-13-11/h4-6,8,10H,7H2,1-3H3,(H,13,14). The maximum Gasteiger partial charge on any atom is 0.145 e. The lowest BCUT2D eigenvalue weighted by atomic mass is 10.1. The van der Waals surface area contributed by atoms with Gasteiger partial charge < -0.3 is 10.1 Å². The molecule has 0 aromatic carbocycles. The van der Waals surface area contributed by atoms with Gasteiger partial charge in [-0.2, -0.15) is 0 Å². The number of aromatic nitrogens is 1. The van der Waals surface area contributed by atoms with E-state index in [0.29, 0.717) is 17.5 Å². The Morgan fingerprint density at radius 3 is 2.80 bits per heavy atom. The van der Waals surface area contributed by atoms with E-state index >= 15 is 0 Å². The first-order chi connectivity index (χ1) is 7.15. The zero-order valence-electron chi connectivity index (χ0n) is 9.33. The van der Waals surface area contributed by atoms with Crippen LogP contribution in [0.1, 0.15) is 13.8 Å². The molecule has 0 spiro atoms. The molecule has 0 aliphatic rings. The fraction of sp³-hybridized carbons (Fsp3) is 0.545. The van der Waals surface area contributed by atoms with Crippen molar-refractivity contribution in [3.8, 4) is 0 Å². The number of pyridine rings is 1. The van der Waals surface area contributed by atoms with Gasteiger partial charge in [-0.25, -0.2) is 4.98 Å². The van der Waals surface area contributed by atoms with Crippen LogP contribution in [0.25, 0.3) is 0 Å². The van der Waals surface area contributed by atoms with Gasteiger partial charge in [-0.15, -0.1) is 0 Å². The first kappa shape index (κ1) is 12.3. The summed E-state index contributed by atoms with van der Waals surface area (Å²) in [5.74, 6) is 1.18. The maximum atomic E-state index is 6.01. The van der Waals surface area contributed by atoms with Crippen molar-refractivity contribution >= 4 is 17.4 Å². The monoisotopic (exact) mass is 228 g/mol. The van der Waals surface area contributed by atoms with Gasteiger partial charge in [-0.05, 0) is 18.1 Å². The molecule has 1 heterocycles. The van der Waals surface area contributed by atoms with Crippen LogP contribution in [0.15, 0.2) is 18.3 Å². The van der Waals surface area contributed by atoms with Crippen LogP contribution in [0.2, 0.25) is 5.02 Å². The Morgan fingerprint density at radius 1 is 1.53 bits per heavy atom. The lowest BCUT2D eigenvalue weighted by molar-refractivity contribution is 0.171. The average Bonchev–Trinajstić information content (AvgIpc) is 2.20. The molecule has 84 valence electrons. The Morgan fingerprint density at radius 2 is 2.27 bits per heavy atom. The Bertz CT molecular complexity index is 304. The van der Waals surface area contributed by atoms with Gasteiger partial charge in [-0.3, -0.25) is 0 Å². The minimum atomic E-state index is 0.224. The second-order valence-electron chi connectivity index (χ2n) is 3.78. The molecule has 1 atom stereocenters. The average molecular weight is 229 g/mol. The summed E-state index contributed by atoms with van der Waals surface area (Å²) in [7, 11) is 1.69. The van der Waals surface area contributed by atoms with Crippen LogP contribution in [0, 0.1) is 5.92 Å². The van der Waals surface area contributed by atoms with Crippen molar-refractivity contribution in [3.05, 3.63) is 23.4 Å². The van der Waals surface area contributed by atoms with Crippen LogP contribution in [-0.2, 0) is 4.74 Å². The molecule has 0 saturated heterocycles. The van der Waals surface area contributed by atoms with Gasteiger partial charge in [-0.1, -0.05) is 25.4 Å². The summed E-state index contributed by atoms with van der Waals surface area (Å²) in [6.07, 6.45) is 1.72. The van der Waals surface area contributed by atoms with Gasteiger partial charge in [0.15, 0.2) is 0 Å². The van der Waals surface area contributed by atoms with Crippen molar-refractivity contribution in [1.82, 2.24) is 4.98 Å². The van der Waals surface area contributed by atoms with E-state index in [1.54, 1.807) is 13.3 Å². The van der Waals surface area contributed by atoms with Crippen molar-refractivity contribution in [2.45, 2.75) is 19.9 Å². The highest BCUT2D eigenvalue weighted by Gasteiger charge is 2.14. The summed E-state index contributed by atoms with van der Waals surface area (Å²) >= 11 is 6.01. The molecule has 0 radical (unpaired) electrons. The lowest BCUT2D eigenvalue weighted by Gasteiger charge is -2.22. The molecule has 0 aliphatic carbocycles. The van der Waals surface area contributed by atoms with Crippen molar-refractivity contribution < 1.29 is 4.74 Å². The number of methoxy groups -OCH3 is 1. The molecule has 1 N–H and O–H groups in total. The molecule has 15 heavy (non-hydrogen) atoms. The van der Waals surface area contributed by atoms with Crippen LogP contribution in [-0.4, -0.2) is 24.7 Å². The first-order valence-electron chi connectivity index (χ1n) is 5.01. The highest BCUT2D eigenvalue weighted by Crippen LogP contribution is 2.20. The number of nitrogens with one attached hydrogen (secondary N) is 1. The molecular weight excluding hydrogens is 212 g/mol. The summed E-state index contributed by atoms with van der Waals surface area (Å²) in [6.45, 7) is 4.91. The van der Waals surface area contributed by atoms with Crippen molar-refractivity contribution in [2.24, 2.45) is 5.92 Å². The van der Waals surface area contributed by atoms with Crippen LogP contribution in [0.4, 0.5) is 5.82 Å². The van der Waals surface area contributed by atoms with Gasteiger partial charge in [0.05, 0.1) is 17.7 Å². The molecular formula is C11H17ClN2O. The van der Waals surface area contributed by atoms with E-state index in [1.807, 2.05) is 12.1 Å². The SMILES string of the molecule is COCC(Nc1ncccc1Cl)C(C)C. The van der Waals surface area contributed by atoms with E-state index in [1.165, 1.54) is 0 Å². The second kappa shape index (κ2) is 5.93. The first-order valence-corrected chi connectivity index (χ1v) is 5.39. The summed E-state index contributed by atoms with van der Waals surface area (Å²) < 4.78 is 5.14. The Kier molecular flexibility index (Phi) is 4.85. The predicted octanol–water partition coefficient (Wildman–Crippen LogP) is 2.82. The van der Waals surface area contributed by atoms with Gasteiger partial charge in [0.2, 0.25) is 0 Å². The van der Waals surface area contributed by atoms with Gasteiger partial charge in [0.25, 0.3) is 0 Å². The Labute approximate surface area is 95.8 Å². The van der Waals surface area contributed by atoms with E-state index in [4.69, 9.17) is 16.3 Å². The van der Waals surface area contributed by atoms with E-state index < -0.39 is 0 Å². The summed E-state index contributed by atoms with van der Waals surface area (Å²) in [5, 5.41) is 3.92. The van der Waals surface area contributed by atoms with Gasteiger partial charge in [0.1, 0.15) is 5.82 Å². The molecule has 0 saturated carbocycles. The van der Waals surface area contributed by atoms with E-state index in [-0.39, 0.29) is 6.04 Å². The highest BCUT2D eigenvalue weighted by atomic mass is 35.5. The molecule has 1 aromatic rings. The van der Waals surface area contributed by atoms with E-state index in [0.717, 1.165) is 5.82 Å². The zero-order chi connectivity index (χ0) is 11.3. The fourth-order valence-electron chi connectivity index (χ4n) is 1.25. The number of hydrogen-bond donors (Lipinski definition) is 1. The minimum absolute atomic E-state index is 0.224. The zero-order valence-corrected chi connectivity index (χ0v) is 10.1. The van der Waals surface area contributed by atoms with E-state index in [2.05, 4.69) is 24.1 Å². The third-order valence-corrected chi connectivity index (χ3v) is 2.54. The highest BCUT2D eigenvalue weighted by molar-refractivity contribution is 6.32. The van der Waals surface area contributed by atoms with E-state index in [9.17, 15) is 0 Å². The third kappa shape index (κ3) is 3.68. The Hall–Kier alpha value is -0.800. The van der Waals surface area contributed by atoms with Gasteiger partial charge >= 0.3 is 0 Å². The maximum absolute atomic E-state index is 6.01. The van der Waals surface area contributed by atoms with Crippen molar-refractivity contribution in [1.29, 1.82) is 0 Å². The number of nitrogens with zero attached hydrogens (tertiary/aromatic N) is 1. The molecule has 4 heteroatoms. The smallest absolute Gasteiger partial charge is 0.145 e. The minimum Gasteiger partial charge on any atom is -0.383 e. The molecule has 0 amide bonds. The molecule has 0 fully saturated rings. The molecule has 1 aromatic heterocycles. The lowest BCUT2D eigenvalue weighted by Crippen LogP contribution is -2.30. The molecule has 1 rings (SSSR count). The quantitative estimate of drug-likeness (QED) is 0.842. The summed E-state index contributed by atoms with van der Waals surface area (Å²) in [4.78, 5) is 4.18. The number of hydrogen-bond acceptors (Lipinski definition) is 3. The summed E-state index contributed by atoms with van der Waals surface area (Å²) in [6, 6.07) is 3.86. The van der Waals surface area contributed by atoms with Gasteiger partial charge in [0, 0.05) is 13.3 Å². The molecule has 3 nitrogen and oxygen atoms in total. The third-order valence-electron chi connectivity index (χ3n) is 2.23. The van der Waals surface area contributed by atoms with Crippen LogP contribution >= 0.6 is 11.6 Å². The Balaban J connectivity index is 2.69. The normalized spacial score (nSPS) is 12.9. The van der Waals surface area contributed by atoms with Crippen LogP contribution < -0.4 is 5.32 Å². The van der Waals surface area contributed by atoms with Crippen LogP contribution in [0.3, 0.4) is 0 Å². The number of anilines is 1. The second-order valence-corrected chi connectivity index (χ2v) is 4.19. The fourth-order valence-corrected chi connectivity index (χ4v) is 1.42. The number of halogens is 1. The number of rotatable bonds is 5. The van der Waals surface area contributed by atoms with Crippen LogP contribution in [0.5, 0.6) is 0 Å². The van der Waals surface area contributed by atoms with Crippen molar-refractivity contribution in [2.75, 3.05) is 19.0 Å². The molecule has 0 bridgehead atoms. The predicted molar refractivity (Wildman–Crippen MR) is 63.4 cm³/mol.